The fraction of sp³-hybridized carbons (Fsp3) is 0.750. The molecule has 0 bridgehead atoms. The van der Waals surface area contributed by atoms with Crippen molar-refractivity contribution in [2.45, 2.75) is 12.8 Å². The minimum Gasteiger partial charge on any atom is -0.384 e. The van der Waals surface area contributed by atoms with E-state index in [1.807, 2.05) is 19.0 Å². The molecule has 7 nitrogen and oxygen atoms in total. The van der Waals surface area contributed by atoms with Crippen LogP contribution in [-0.2, 0) is 4.74 Å². The van der Waals surface area contributed by atoms with Crippen LogP contribution in [0.4, 0.5) is 17.8 Å². The van der Waals surface area contributed by atoms with Crippen LogP contribution >= 0.6 is 0 Å². The highest BCUT2D eigenvalue weighted by Gasteiger charge is 2.22. The molecule has 0 aromatic carbocycles. The van der Waals surface area contributed by atoms with Gasteiger partial charge in [0.2, 0.25) is 17.8 Å². The molecule has 7 heteroatoms. The highest BCUT2D eigenvalue weighted by Crippen LogP contribution is 2.22. The lowest BCUT2D eigenvalue weighted by atomic mass is 9.99. The Morgan fingerprint density at radius 3 is 2.84 bits per heavy atom. The van der Waals surface area contributed by atoms with E-state index in [1.54, 1.807) is 7.11 Å². The van der Waals surface area contributed by atoms with Crippen LogP contribution in [0.15, 0.2) is 0 Å². The van der Waals surface area contributed by atoms with Gasteiger partial charge in [-0.2, -0.15) is 15.0 Å². The van der Waals surface area contributed by atoms with Crippen molar-refractivity contribution in [3.63, 3.8) is 0 Å². The molecule has 1 fully saturated rings. The number of rotatable bonds is 4. The number of piperidine rings is 1. The fourth-order valence-corrected chi connectivity index (χ4v) is 2.33. The molecule has 2 rings (SSSR count). The largest absolute Gasteiger partial charge is 0.384 e. The SMILES string of the molecule is COCC1CCCN(c2nc(N)nc(N(C)C)n2)C1. The minimum absolute atomic E-state index is 0.266. The number of nitrogens with two attached hydrogens (primary N) is 1. The van der Waals surface area contributed by atoms with Crippen LogP contribution in [0.5, 0.6) is 0 Å². The standard InChI is InChI=1S/C12H22N6O/c1-17(2)11-14-10(13)15-12(16-11)18-6-4-5-9(7-18)8-19-3/h9H,4-8H2,1-3H3,(H2,13,14,15,16). The molecule has 1 aliphatic heterocycles. The molecule has 19 heavy (non-hydrogen) atoms. The van der Waals surface area contributed by atoms with E-state index in [2.05, 4.69) is 19.9 Å². The molecule has 1 saturated heterocycles. The molecule has 0 amide bonds. The van der Waals surface area contributed by atoms with Gasteiger partial charge in [-0.15, -0.1) is 0 Å². The summed E-state index contributed by atoms with van der Waals surface area (Å²) in [5.41, 5.74) is 5.76. The Morgan fingerprint density at radius 2 is 2.16 bits per heavy atom. The van der Waals surface area contributed by atoms with E-state index >= 15 is 0 Å². The van der Waals surface area contributed by atoms with Gasteiger partial charge in [0.25, 0.3) is 0 Å². The zero-order chi connectivity index (χ0) is 13.8. The summed E-state index contributed by atoms with van der Waals surface area (Å²) in [5.74, 6) is 2.05. The first-order chi connectivity index (χ1) is 9.10. The average Bonchev–Trinajstić information content (AvgIpc) is 2.38. The van der Waals surface area contributed by atoms with Crippen molar-refractivity contribution in [3.8, 4) is 0 Å². The lowest BCUT2D eigenvalue weighted by molar-refractivity contribution is 0.143. The summed E-state index contributed by atoms with van der Waals surface area (Å²) >= 11 is 0. The number of hydrogen-bond donors (Lipinski definition) is 1. The van der Waals surface area contributed by atoms with Crippen LogP contribution < -0.4 is 15.5 Å². The van der Waals surface area contributed by atoms with Crippen LogP contribution in [0.3, 0.4) is 0 Å². The topological polar surface area (TPSA) is 80.4 Å². The molecule has 0 spiro atoms. The number of aromatic nitrogens is 3. The van der Waals surface area contributed by atoms with E-state index in [9.17, 15) is 0 Å². The Balaban J connectivity index is 2.16. The summed E-state index contributed by atoms with van der Waals surface area (Å²) in [6, 6.07) is 0. The second kappa shape index (κ2) is 6.01. The van der Waals surface area contributed by atoms with Gasteiger partial charge in [0.15, 0.2) is 0 Å². The van der Waals surface area contributed by atoms with Crippen LogP contribution in [0.25, 0.3) is 0 Å². The van der Waals surface area contributed by atoms with Gasteiger partial charge >= 0.3 is 0 Å². The molecule has 1 aromatic rings. The zero-order valence-electron chi connectivity index (χ0n) is 11.8. The molecule has 1 aliphatic rings. The number of nitrogen functional groups attached to an aromatic ring is 1. The van der Waals surface area contributed by atoms with Gasteiger partial charge in [-0.3, -0.25) is 0 Å². The van der Waals surface area contributed by atoms with Crippen molar-refractivity contribution in [1.29, 1.82) is 0 Å². The number of ether oxygens (including phenoxy) is 1. The highest BCUT2D eigenvalue weighted by atomic mass is 16.5. The first kappa shape index (κ1) is 13.8. The molecule has 106 valence electrons. The number of methoxy groups -OCH3 is 1. The molecule has 0 aliphatic carbocycles. The van der Waals surface area contributed by atoms with Gasteiger partial charge < -0.3 is 20.3 Å². The number of hydrogen-bond acceptors (Lipinski definition) is 7. The fourth-order valence-electron chi connectivity index (χ4n) is 2.33. The molecule has 0 saturated carbocycles. The lowest BCUT2D eigenvalue weighted by Gasteiger charge is -2.32. The summed E-state index contributed by atoms with van der Waals surface area (Å²) in [7, 11) is 5.52. The second-order valence-corrected chi connectivity index (χ2v) is 5.10. The third kappa shape index (κ3) is 3.44. The third-order valence-electron chi connectivity index (χ3n) is 3.23. The minimum atomic E-state index is 0.266. The summed E-state index contributed by atoms with van der Waals surface area (Å²) in [6.07, 6.45) is 2.31. The van der Waals surface area contributed by atoms with Gasteiger partial charge in [-0.25, -0.2) is 0 Å². The quantitative estimate of drug-likeness (QED) is 0.844. The van der Waals surface area contributed by atoms with Crippen LogP contribution in [-0.4, -0.2) is 55.9 Å². The molecule has 2 heterocycles. The lowest BCUT2D eigenvalue weighted by Crippen LogP contribution is -2.38. The maximum atomic E-state index is 5.76. The molecule has 1 atom stereocenters. The van der Waals surface area contributed by atoms with E-state index < -0.39 is 0 Å². The summed E-state index contributed by atoms with van der Waals surface area (Å²) in [5, 5.41) is 0. The maximum absolute atomic E-state index is 5.76. The van der Waals surface area contributed by atoms with Gasteiger partial charge in [0.05, 0.1) is 6.61 Å². The second-order valence-electron chi connectivity index (χ2n) is 5.10. The molecule has 2 N–H and O–H groups in total. The van der Waals surface area contributed by atoms with E-state index in [4.69, 9.17) is 10.5 Å². The molecule has 1 aromatic heterocycles. The van der Waals surface area contributed by atoms with Gasteiger partial charge in [-0.05, 0) is 18.8 Å². The van der Waals surface area contributed by atoms with Crippen molar-refractivity contribution in [2.24, 2.45) is 5.92 Å². The average molecular weight is 266 g/mol. The van der Waals surface area contributed by atoms with E-state index in [0.29, 0.717) is 17.8 Å². The molecular weight excluding hydrogens is 244 g/mol. The van der Waals surface area contributed by atoms with Crippen molar-refractivity contribution >= 4 is 17.8 Å². The molecule has 0 radical (unpaired) electrons. The van der Waals surface area contributed by atoms with E-state index in [-0.39, 0.29) is 5.95 Å². The van der Waals surface area contributed by atoms with Gasteiger partial charge in [0.1, 0.15) is 0 Å². The Labute approximate surface area is 113 Å². The molecular formula is C12H22N6O. The zero-order valence-corrected chi connectivity index (χ0v) is 11.8. The first-order valence-corrected chi connectivity index (χ1v) is 6.53. The smallest absolute Gasteiger partial charge is 0.231 e. The van der Waals surface area contributed by atoms with E-state index in [0.717, 1.165) is 26.1 Å². The van der Waals surface area contributed by atoms with Gasteiger partial charge in [0, 0.05) is 34.3 Å². The maximum Gasteiger partial charge on any atom is 0.231 e. The Morgan fingerprint density at radius 1 is 1.37 bits per heavy atom. The van der Waals surface area contributed by atoms with Crippen molar-refractivity contribution in [3.05, 3.63) is 0 Å². The Hall–Kier alpha value is -1.63. The number of nitrogens with zero attached hydrogens (tertiary/aromatic N) is 5. The monoisotopic (exact) mass is 266 g/mol. The number of anilines is 3. The first-order valence-electron chi connectivity index (χ1n) is 6.53. The van der Waals surface area contributed by atoms with Crippen molar-refractivity contribution in [1.82, 2.24) is 15.0 Å². The summed E-state index contributed by atoms with van der Waals surface area (Å²) in [6.45, 7) is 2.64. The Bertz CT molecular complexity index is 423. The van der Waals surface area contributed by atoms with Crippen LogP contribution in [0.1, 0.15) is 12.8 Å². The molecule has 1 unspecified atom stereocenters. The Kier molecular flexibility index (Phi) is 4.36. The highest BCUT2D eigenvalue weighted by molar-refractivity contribution is 5.42. The third-order valence-corrected chi connectivity index (χ3v) is 3.23. The van der Waals surface area contributed by atoms with Crippen molar-refractivity contribution in [2.75, 3.05) is 56.4 Å². The van der Waals surface area contributed by atoms with E-state index in [1.165, 1.54) is 6.42 Å². The summed E-state index contributed by atoms with van der Waals surface area (Å²) in [4.78, 5) is 16.8. The summed E-state index contributed by atoms with van der Waals surface area (Å²) < 4.78 is 5.24. The van der Waals surface area contributed by atoms with Crippen molar-refractivity contribution < 1.29 is 4.74 Å². The normalized spacial score (nSPS) is 19.5. The van der Waals surface area contributed by atoms with Gasteiger partial charge in [-0.1, -0.05) is 0 Å². The predicted octanol–water partition coefficient (Wildman–Crippen LogP) is 0.383. The van der Waals surface area contributed by atoms with Crippen LogP contribution in [0.2, 0.25) is 0 Å². The predicted molar refractivity (Wildman–Crippen MR) is 75.4 cm³/mol. The van der Waals surface area contributed by atoms with Crippen LogP contribution in [0, 0.1) is 5.92 Å².